The van der Waals surface area contributed by atoms with Gasteiger partial charge in [0.05, 0.1) is 11.9 Å². The van der Waals surface area contributed by atoms with E-state index in [1.807, 2.05) is 30.2 Å². The molecule has 0 N–H and O–H groups in total. The molecule has 0 spiro atoms. The van der Waals surface area contributed by atoms with Crippen LogP contribution in [0.3, 0.4) is 0 Å². The number of amides is 1. The number of nitrogens with zero attached hydrogens (tertiary/aromatic N) is 4. The number of rotatable bonds is 4. The van der Waals surface area contributed by atoms with Gasteiger partial charge in [-0.2, -0.15) is 17.0 Å². The molecule has 5 nitrogen and oxygen atoms in total. The molecule has 0 aliphatic carbocycles. The number of piperazine rings is 1. The Balaban J connectivity index is 1.90. The summed E-state index contributed by atoms with van der Waals surface area (Å²) in [5, 5.41) is 8.76. The van der Waals surface area contributed by atoms with Gasteiger partial charge in [0.2, 0.25) is 5.91 Å². The van der Waals surface area contributed by atoms with E-state index in [1.54, 1.807) is 24.0 Å². The zero-order chi connectivity index (χ0) is 15.2. The number of thioether (sulfide) groups is 1. The molecule has 1 fully saturated rings. The minimum absolute atomic E-state index is 0.0862. The van der Waals surface area contributed by atoms with Gasteiger partial charge in [-0.1, -0.05) is 6.92 Å². The van der Waals surface area contributed by atoms with E-state index in [0.717, 1.165) is 37.6 Å². The molecular formula is C15H20N4OS. The Hall–Kier alpha value is -1.74. The first-order chi connectivity index (χ1) is 10.2. The van der Waals surface area contributed by atoms with Crippen molar-refractivity contribution in [1.29, 1.82) is 5.26 Å². The summed E-state index contributed by atoms with van der Waals surface area (Å²) in [6.45, 7) is 5.11. The number of aromatic nitrogens is 1. The van der Waals surface area contributed by atoms with E-state index in [0.29, 0.717) is 5.69 Å². The largest absolute Gasteiger partial charge is 0.367 e. The highest BCUT2D eigenvalue weighted by atomic mass is 32.2. The maximum absolute atomic E-state index is 12.3. The molecule has 1 saturated heterocycles. The van der Waals surface area contributed by atoms with Crippen LogP contribution in [0.5, 0.6) is 0 Å². The van der Waals surface area contributed by atoms with Gasteiger partial charge in [0.1, 0.15) is 11.8 Å². The number of pyridine rings is 1. The van der Waals surface area contributed by atoms with Crippen LogP contribution in [0.15, 0.2) is 18.3 Å². The Morgan fingerprint density at radius 3 is 2.67 bits per heavy atom. The fraction of sp³-hybridized carbons (Fsp3) is 0.533. The first-order valence-electron chi connectivity index (χ1n) is 7.04. The van der Waals surface area contributed by atoms with Crippen LogP contribution in [-0.2, 0) is 4.79 Å². The van der Waals surface area contributed by atoms with Crippen LogP contribution in [0.25, 0.3) is 0 Å². The third-order valence-corrected chi connectivity index (χ3v) is 4.49. The van der Waals surface area contributed by atoms with E-state index >= 15 is 0 Å². The third kappa shape index (κ3) is 3.88. The molecule has 1 aromatic heterocycles. The molecule has 112 valence electrons. The molecule has 1 aromatic rings. The van der Waals surface area contributed by atoms with E-state index in [-0.39, 0.29) is 11.8 Å². The first kappa shape index (κ1) is 15.6. The Labute approximate surface area is 129 Å². The average molecular weight is 304 g/mol. The lowest BCUT2D eigenvalue weighted by atomic mass is 10.1. The molecule has 1 unspecified atom stereocenters. The summed E-state index contributed by atoms with van der Waals surface area (Å²) in [6, 6.07) is 5.66. The molecule has 2 rings (SSSR count). The second-order valence-electron chi connectivity index (χ2n) is 5.18. The molecule has 1 aliphatic heterocycles. The summed E-state index contributed by atoms with van der Waals surface area (Å²) in [7, 11) is 0. The summed E-state index contributed by atoms with van der Waals surface area (Å²) in [6.07, 6.45) is 3.76. The van der Waals surface area contributed by atoms with Crippen LogP contribution in [-0.4, -0.2) is 54.0 Å². The Bertz CT molecular complexity index is 517. The quantitative estimate of drug-likeness (QED) is 0.845. The van der Waals surface area contributed by atoms with E-state index < -0.39 is 0 Å². The molecule has 0 radical (unpaired) electrons. The summed E-state index contributed by atoms with van der Waals surface area (Å²) in [4.78, 5) is 20.5. The topological polar surface area (TPSA) is 60.2 Å². The molecule has 6 heteroatoms. The highest BCUT2D eigenvalue weighted by Gasteiger charge is 2.24. The Kier molecular flexibility index (Phi) is 5.45. The molecular weight excluding hydrogens is 284 g/mol. The van der Waals surface area contributed by atoms with Gasteiger partial charge >= 0.3 is 0 Å². The van der Waals surface area contributed by atoms with Gasteiger partial charge in [-0.15, -0.1) is 0 Å². The second kappa shape index (κ2) is 7.32. The van der Waals surface area contributed by atoms with E-state index in [1.165, 1.54) is 0 Å². The molecule has 0 aromatic carbocycles. The highest BCUT2D eigenvalue weighted by molar-refractivity contribution is 7.98. The normalized spacial score (nSPS) is 16.4. The van der Waals surface area contributed by atoms with Crippen LogP contribution >= 0.6 is 11.8 Å². The molecule has 21 heavy (non-hydrogen) atoms. The minimum Gasteiger partial charge on any atom is -0.367 e. The van der Waals surface area contributed by atoms with Crippen molar-refractivity contribution in [2.75, 3.05) is 43.1 Å². The maximum Gasteiger partial charge on any atom is 0.226 e. The van der Waals surface area contributed by atoms with Crippen LogP contribution in [0.4, 0.5) is 5.69 Å². The summed E-state index contributed by atoms with van der Waals surface area (Å²) >= 11 is 1.71. The predicted octanol–water partition coefficient (Wildman–Crippen LogP) is 1.60. The summed E-state index contributed by atoms with van der Waals surface area (Å²) in [5.41, 5.74) is 1.44. The number of carbonyl (C=O) groups is 1. The van der Waals surface area contributed by atoms with Gasteiger partial charge in [-0.25, -0.2) is 4.98 Å². The maximum atomic E-state index is 12.3. The van der Waals surface area contributed by atoms with Crippen LogP contribution in [0, 0.1) is 17.2 Å². The lowest BCUT2D eigenvalue weighted by molar-refractivity contribution is -0.134. The van der Waals surface area contributed by atoms with Gasteiger partial charge in [0.15, 0.2) is 0 Å². The van der Waals surface area contributed by atoms with Crippen molar-refractivity contribution in [3.05, 3.63) is 24.0 Å². The van der Waals surface area contributed by atoms with Crippen molar-refractivity contribution in [3.8, 4) is 6.07 Å². The van der Waals surface area contributed by atoms with Crippen LogP contribution < -0.4 is 4.90 Å². The minimum atomic E-state index is 0.0862. The Morgan fingerprint density at radius 1 is 1.43 bits per heavy atom. The number of anilines is 1. The molecule has 2 heterocycles. The lowest BCUT2D eigenvalue weighted by Gasteiger charge is -2.37. The zero-order valence-electron chi connectivity index (χ0n) is 12.5. The van der Waals surface area contributed by atoms with Crippen molar-refractivity contribution in [1.82, 2.24) is 9.88 Å². The van der Waals surface area contributed by atoms with Crippen LogP contribution in [0.2, 0.25) is 0 Å². The fourth-order valence-electron chi connectivity index (χ4n) is 2.46. The van der Waals surface area contributed by atoms with Crippen molar-refractivity contribution >= 4 is 23.4 Å². The Morgan fingerprint density at radius 2 is 2.14 bits per heavy atom. The summed E-state index contributed by atoms with van der Waals surface area (Å²) < 4.78 is 0. The fourth-order valence-corrected chi connectivity index (χ4v) is 3.10. The monoisotopic (exact) mass is 304 g/mol. The zero-order valence-corrected chi connectivity index (χ0v) is 13.3. The number of hydrogen-bond donors (Lipinski definition) is 0. The van der Waals surface area contributed by atoms with Crippen molar-refractivity contribution in [2.24, 2.45) is 5.92 Å². The van der Waals surface area contributed by atoms with Crippen LogP contribution in [0.1, 0.15) is 12.6 Å². The van der Waals surface area contributed by atoms with Gasteiger partial charge in [-0.05, 0) is 18.4 Å². The van der Waals surface area contributed by atoms with Crippen molar-refractivity contribution < 1.29 is 4.79 Å². The standard InChI is InChI=1S/C15H20N4OS/c1-12(11-21-2)15(20)19-7-5-18(6-8-19)14-4-3-13(9-16)17-10-14/h3-4,10,12H,5-8,11H2,1-2H3. The first-order valence-corrected chi connectivity index (χ1v) is 8.44. The number of carbonyl (C=O) groups excluding carboxylic acids is 1. The summed E-state index contributed by atoms with van der Waals surface area (Å²) in [5.74, 6) is 1.21. The van der Waals surface area contributed by atoms with Gasteiger partial charge < -0.3 is 9.80 Å². The number of hydrogen-bond acceptors (Lipinski definition) is 5. The molecule has 1 amide bonds. The third-order valence-electron chi connectivity index (χ3n) is 3.66. The highest BCUT2D eigenvalue weighted by Crippen LogP contribution is 2.17. The smallest absolute Gasteiger partial charge is 0.226 e. The lowest BCUT2D eigenvalue weighted by Crippen LogP contribution is -2.50. The van der Waals surface area contributed by atoms with Crippen molar-refractivity contribution in [3.63, 3.8) is 0 Å². The SMILES string of the molecule is CSCC(C)C(=O)N1CCN(c2ccc(C#N)nc2)CC1. The van der Waals surface area contributed by atoms with Gasteiger partial charge in [0, 0.05) is 37.8 Å². The van der Waals surface area contributed by atoms with E-state index in [4.69, 9.17) is 5.26 Å². The number of nitriles is 1. The van der Waals surface area contributed by atoms with Crippen molar-refractivity contribution in [2.45, 2.75) is 6.92 Å². The van der Waals surface area contributed by atoms with Gasteiger partial charge in [-0.3, -0.25) is 4.79 Å². The average Bonchev–Trinajstić information content (AvgIpc) is 2.54. The van der Waals surface area contributed by atoms with E-state index in [9.17, 15) is 4.79 Å². The molecule has 1 atom stereocenters. The molecule has 1 aliphatic rings. The molecule has 0 saturated carbocycles. The van der Waals surface area contributed by atoms with E-state index in [2.05, 4.69) is 9.88 Å². The molecule has 0 bridgehead atoms. The van der Waals surface area contributed by atoms with Gasteiger partial charge in [0.25, 0.3) is 0 Å². The predicted molar refractivity (Wildman–Crippen MR) is 85.3 cm³/mol. The second-order valence-corrected chi connectivity index (χ2v) is 6.09.